The Morgan fingerprint density at radius 3 is 2.74 bits per heavy atom. The van der Waals surface area contributed by atoms with E-state index in [9.17, 15) is 0 Å². The van der Waals surface area contributed by atoms with Gasteiger partial charge in [-0.1, -0.05) is 37.9 Å². The van der Waals surface area contributed by atoms with Crippen molar-refractivity contribution in [1.29, 1.82) is 0 Å². The van der Waals surface area contributed by atoms with Crippen LogP contribution in [-0.2, 0) is 12.8 Å². The smallest absolute Gasteiger partial charge is 0.0408 e. The molecule has 0 aliphatic heterocycles. The Kier molecular flexibility index (Phi) is 3.61. The van der Waals surface area contributed by atoms with Gasteiger partial charge >= 0.3 is 0 Å². The molecule has 2 unspecified atom stereocenters. The average molecular weight is 278 g/mol. The largest absolute Gasteiger partial charge is 0.311 e. The molecule has 2 atom stereocenters. The van der Waals surface area contributed by atoms with E-state index in [4.69, 9.17) is 11.6 Å². The molecule has 0 spiro atoms. The fourth-order valence-corrected chi connectivity index (χ4v) is 4.07. The highest BCUT2D eigenvalue weighted by Crippen LogP contribution is 2.36. The molecule has 1 nitrogen and oxygen atoms in total. The summed E-state index contributed by atoms with van der Waals surface area (Å²) in [5, 5.41) is 4.77. The van der Waals surface area contributed by atoms with E-state index < -0.39 is 0 Å². The zero-order valence-electron chi connectivity index (χ0n) is 12.0. The van der Waals surface area contributed by atoms with E-state index in [1.807, 2.05) is 6.07 Å². The Bertz CT molecular complexity index is 466. The van der Waals surface area contributed by atoms with Crippen LogP contribution in [-0.4, -0.2) is 12.1 Å². The molecule has 1 saturated carbocycles. The van der Waals surface area contributed by atoms with Gasteiger partial charge in [0.2, 0.25) is 0 Å². The van der Waals surface area contributed by atoms with Crippen LogP contribution in [0.5, 0.6) is 0 Å². The molecule has 0 aromatic heterocycles. The lowest BCUT2D eigenvalue weighted by molar-refractivity contribution is 0.189. The minimum Gasteiger partial charge on any atom is -0.311 e. The van der Waals surface area contributed by atoms with Crippen molar-refractivity contribution in [3.8, 4) is 0 Å². The molecule has 104 valence electrons. The Morgan fingerprint density at radius 2 is 1.95 bits per heavy atom. The van der Waals surface area contributed by atoms with Crippen LogP contribution < -0.4 is 5.32 Å². The first kappa shape index (κ1) is 13.5. The molecule has 0 amide bonds. The molecule has 0 heterocycles. The molecule has 3 rings (SSSR count). The van der Waals surface area contributed by atoms with Gasteiger partial charge in [0.25, 0.3) is 0 Å². The molecule has 1 aromatic rings. The first-order valence-corrected chi connectivity index (χ1v) is 7.93. The molecule has 1 N–H and O–H groups in total. The van der Waals surface area contributed by atoms with E-state index in [-0.39, 0.29) is 0 Å². The summed E-state index contributed by atoms with van der Waals surface area (Å²) < 4.78 is 0. The van der Waals surface area contributed by atoms with Gasteiger partial charge in [-0.3, -0.25) is 0 Å². The Labute approximate surface area is 121 Å². The van der Waals surface area contributed by atoms with Gasteiger partial charge in [0, 0.05) is 17.1 Å². The first-order chi connectivity index (χ1) is 9.02. The maximum absolute atomic E-state index is 6.08. The van der Waals surface area contributed by atoms with Gasteiger partial charge in [0.1, 0.15) is 0 Å². The highest BCUT2D eigenvalue weighted by Gasteiger charge is 2.30. The zero-order chi connectivity index (χ0) is 13.5. The third-order valence-electron chi connectivity index (χ3n) is 4.78. The minimum absolute atomic E-state index is 0.519. The van der Waals surface area contributed by atoms with Crippen molar-refractivity contribution in [3.63, 3.8) is 0 Å². The van der Waals surface area contributed by atoms with Crippen molar-refractivity contribution in [1.82, 2.24) is 5.32 Å². The normalized spacial score (nSPS) is 29.2. The minimum atomic E-state index is 0.519. The summed E-state index contributed by atoms with van der Waals surface area (Å²) in [5.74, 6) is 0. The molecule has 2 aliphatic rings. The maximum atomic E-state index is 6.08. The van der Waals surface area contributed by atoms with Crippen LogP contribution in [0.2, 0.25) is 5.02 Å². The lowest BCUT2D eigenvalue weighted by Crippen LogP contribution is -2.43. The molecule has 1 fully saturated rings. The summed E-state index contributed by atoms with van der Waals surface area (Å²) >= 11 is 6.08. The third-order valence-corrected chi connectivity index (χ3v) is 5.01. The molecule has 19 heavy (non-hydrogen) atoms. The summed E-state index contributed by atoms with van der Waals surface area (Å²) in [7, 11) is 0. The molecule has 0 saturated heterocycles. The molecular weight excluding hydrogens is 254 g/mol. The van der Waals surface area contributed by atoms with Crippen LogP contribution in [0.4, 0.5) is 0 Å². The number of halogens is 1. The fraction of sp³-hybridized carbons (Fsp3) is 0.647. The van der Waals surface area contributed by atoms with Crippen molar-refractivity contribution in [2.24, 2.45) is 5.41 Å². The van der Waals surface area contributed by atoms with Gasteiger partial charge in [-0.25, -0.2) is 0 Å². The predicted molar refractivity (Wildman–Crippen MR) is 81.8 cm³/mol. The second-order valence-corrected chi connectivity index (χ2v) is 7.58. The van der Waals surface area contributed by atoms with Crippen molar-refractivity contribution in [2.45, 2.75) is 64.5 Å². The van der Waals surface area contributed by atoms with Gasteiger partial charge in [-0.05, 0) is 60.8 Å². The molecule has 1 aromatic carbocycles. The standard InChI is InChI=1S/C17H24ClN/c1-17(2)7-3-4-15(11-17)19-16-9-12-5-6-14(18)8-13(12)10-16/h5-6,8,15-16,19H,3-4,7,9-11H2,1-2H3. The van der Waals surface area contributed by atoms with Crippen molar-refractivity contribution < 1.29 is 0 Å². The monoisotopic (exact) mass is 277 g/mol. The predicted octanol–water partition coefficient (Wildman–Crippen LogP) is 4.37. The van der Waals surface area contributed by atoms with Crippen LogP contribution in [0.1, 0.15) is 50.7 Å². The quantitative estimate of drug-likeness (QED) is 0.847. The van der Waals surface area contributed by atoms with Gasteiger partial charge < -0.3 is 5.32 Å². The van der Waals surface area contributed by atoms with Crippen LogP contribution in [0.15, 0.2) is 18.2 Å². The zero-order valence-corrected chi connectivity index (χ0v) is 12.8. The number of fused-ring (bicyclic) bond motifs is 1. The van der Waals surface area contributed by atoms with Crippen LogP contribution in [0, 0.1) is 5.41 Å². The summed E-state index contributed by atoms with van der Waals surface area (Å²) in [4.78, 5) is 0. The second-order valence-electron chi connectivity index (χ2n) is 7.14. The maximum Gasteiger partial charge on any atom is 0.0408 e. The van der Waals surface area contributed by atoms with E-state index in [1.165, 1.54) is 43.2 Å². The van der Waals surface area contributed by atoms with E-state index in [1.54, 1.807) is 0 Å². The van der Waals surface area contributed by atoms with Gasteiger partial charge in [0.15, 0.2) is 0 Å². The molecule has 0 bridgehead atoms. The first-order valence-electron chi connectivity index (χ1n) is 7.55. The van der Waals surface area contributed by atoms with E-state index in [0.29, 0.717) is 17.5 Å². The van der Waals surface area contributed by atoms with Crippen molar-refractivity contribution in [3.05, 3.63) is 34.3 Å². The second kappa shape index (κ2) is 5.10. The topological polar surface area (TPSA) is 12.0 Å². The number of hydrogen-bond acceptors (Lipinski definition) is 1. The summed E-state index contributed by atoms with van der Waals surface area (Å²) in [6.45, 7) is 4.81. The fourth-order valence-electron chi connectivity index (χ4n) is 3.88. The van der Waals surface area contributed by atoms with Gasteiger partial charge in [0.05, 0.1) is 0 Å². The van der Waals surface area contributed by atoms with Crippen molar-refractivity contribution in [2.75, 3.05) is 0 Å². The SMILES string of the molecule is CC1(C)CCCC(NC2Cc3ccc(Cl)cc3C2)C1. The number of hydrogen-bond donors (Lipinski definition) is 1. The van der Waals surface area contributed by atoms with Crippen molar-refractivity contribution >= 4 is 11.6 Å². The number of nitrogens with one attached hydrogen (secondary N) is 1. The van der Waals surface area contributed by atoms with Gasteiger partial charge in [-0.15, -0.1) is 0 Å². The lowest BCUT2D eigenvalue weighted by Gasteiger charge is -2.37. The number of rotatable bonds is 2. The van der Waals surface area contributed by atoms with E-state index in [2.05, 4.69) is 31.3 Å². The Hall–Kier alpha value is -0.530. The highest BCUT2D eigenvalue weighted by atomic mass is 35.5. The summed E-state index contributed by atoms with van der Waals surface area (Å²) in [6, 6.07) is 7.69. The summed E-state index contributed by atoms with van der Waals surface area (Å²) in [6.07, 6.45) is 7.73. The molecular formula is C17H24ClN. The van der Waals surface area contributed by atoms with E-state index in [0.717, 1.165) is 11.4 Å². The molecule has 2 heteroatoms. The van der Waals surface area contributed by atoms with Crippen LogP contribution in [0.25, 0.3) is 0 Å². The lowest BCUT2D eigenvalue weighted by atomic mass is 9.75. The average Bonchev–Trinajstić information content (AvgIpc) is 2.68. The van der Waals surface area contributed by atoms with Gasteiger partial charge in [-0.2, -0.15) is 0 Å². The summed E-state index contributed by atoms with van der Waals surface area (Å²) in [5.41, 5.74) is 3.45. The van der Waals surface area contributed by atoms with Crippen LogP contribution in [0.3, 0.4) is 0 Å². The number of benzene rings is 1. The highest BCUT2D eigenvalue weighted by molar-refractivity contribution is 6.30. The molecule has 2 aliphatic carbocycles. The molecule has 0 radical (unpaired) electrons. The van der Waals surface area contributed by atoms with Crippen LogP contribution >= 0.6 is 11.6 Å². The Balaban J connectivity index is 1.61. The third kappa shape index (κ3) is 3.14. The van der Waals surface area contributed by atoms with E-state index >= 15 is 0 Å². The Morgan fingerprint density at radius 1 is 1.16 bits per heavy atom.